The molecular formula is C13H15N5O2S. The Hall–Kier alpha value is -2.19. The molecule has 0 spiro atoms. The van der Waals surface area contributed by atoms with Crippen molar-refractivity contribution in [3.63, 3.8) is 0 Å². The second-order valence-electron chi connectivity index (χ2n) is 4.23. The summed E-state index contributed by atoms with van der Waals surface area (Å²) < 4.78 is 0. The summed E-state index contributed by atoms with van der Waals surface area (Å²) in [6.07, 6.45) is 2.78. The lowest BCUT2D eigenvalue weighted by Gasteiger charge is -1.89. The Kier molecular flexibility index (Phi) is 5.92. The average molecular weight is 305 g/mol. The Bertz CT molecular complexity index is 588. The SMILES string of the molecule is C1CCNC1.O=[N+]([O-])c1scnc1N=Nc1ccccc1. The first kappa shape index (κ1) is 15.2. The van der Waals surface area contributed by atoms with Crippen LogP contribution in [0.4, 0.5) is 16.5 Å². The minimum atomic E-state index is -0.517. The van der Waals surface area contributed by atoms with Gasteiger partial charge in [0, 0.05) is 0 Å². The Morgan fingerprint density at radius 1 is 1.19 bits per heavy atom. The second-order valence-corrected chi connectivity index (χ2v) is 5.06. The Labute approximate surface area is 125 Å². The highest BCUT2D eigenvalue weighted by Crippen LogP contribution is 2.31. The number of hydrogen-bond donors (Lipinski definition) is 1. The highest BCUT2D eigenvalue weighted by atomic mass is 32.1. The normalized spacial score (nSPS) is 13.9. The number of rotatable bonds is 3. The molecule has 2 aromatic rings. The molecule has 1 saturated heterocycles. The molecule has 0 bridgehead atoms. The Balaban J connectivity index is 0.000000272. The molecule has 2 heterocycles. The summed E-state index contributed by atoms with van der Waals surface area (Å²) in [4.78, 5) is 13.8. The molecule has 0 unspecified atom stereocenters. The average Bonchev–Trinajstić information content (AvgIpc) is 3.20. The van der Waals surface area contributed by atoms with Crippen LogP contribution in [0.2, 0.25) is 0 Å². The van der Waals surface area contributed by atoms with Crippen LogP contribution in [0.15, 0.2) is 46.1 Å². The second kappa shape index (κ2) is 8.18. The number of aromatic nitrogens is 1. The van der Waals surface area contributed by atoms with Crippen molar-refractivity contribution in [2.75, 3.05) is 13.1 Å². The van der Waals surface area contributed by atoms with Gasteiger partial charge in [-0.3, -0.25) is 10.1 Å². The number of benzene rings is 1. The van der Waals surface area contributed by atoms with E-state index in [0.29, 0.717) is 5.69 Å². The maximum absolute atomic E-state index is 10.6. The first-order valence-electron chi connectivity index (χ1n) is 6.53. The third-order valence-corrected chi connectivity index (χ3v) is 3.44. The van der Waals surface area contributed by atoms with Crippen molar-refractivity contribution in [3.8, 4) is 0 Å². The molecule has 1 fully saturated rings. The summed E-state index contributed by atoms with van der Waals surface area (Å²) in [7, 11) is 0. The molecule has 1 aliphatic rings. The fourth-order valence-corrected chi connectivity index (χ4v) is 2.19. The zero-order valence-corrected chi connectivity index (χ0v) is 12.1. The number of nitrogens with one attached hydrogen (secondary N) is 1. The van der Waals surface area contributed by atoms with Gasteiger partial charge in [-0.2, -0.15) is 0 Å². The van der Waals surface area contributed by atoms with E-state index in [1.54, 1.807) is 12.1 Å². The quantitative estimate of drug-likeness (QED) is 0.529. The van der Waals surface area contributed by atoms with Crippen LogP contribution in [0.3, 0.4) is 0 Å². The smallest absolute Gasteiger partial charge is 0.317 e. The summed E-state index contributed by atoms with van der Waals surface area (Å²) in [6, 6.07) is 8.97. The number of azo groups is 1. The monoisotopic (exact) mass is 305 g/mol. The van der Waals surface area contributed by atoms with Crippen molar-refractivity contribution in [2.24, 2.45) is 10.2 Å². The summed E-state index contributed by atoms with van der Waals surface area (Å²) in [5.74, 6) is 0.0406. The molecule has 1 aliphatic heterocycles. The van der Waals surface area contributed by atoms with E-state index in [1.165, 1.54) is 31.4 Å². The van der Waals surface area contributed by atoms with E-state index in [4.69, 9.17) is 0 Å². The Morgan fingerprint density at radius 3 is 2.48 bits per heavy atom. The van der Waals surface area contributed by atoms with Crippen molar-refractivity contribution < 1.29 is 4.92 Å². The molecule has 110 valence electrons. The van der Waals surface area contributed by atoms with Gasteiger partial charge in [0.2, 0.25) is 0 Å². The van der Waals surface area contributed by atoms with Gasteiger partial charge in [0.05, 0.1) is 16.1 Å². The Morgan fingerprint density at radius 2 is 1.90 bits per heavy atom. The molecule has 1 aromatic heterocycles. The molecular weight excluding hydrogens is 290 g/mol. The van der Waals surface area contributed by atoms with Crippen molar-refractivity contribution >= 4 is 27.8 Å². The molecule has 0 aliphatic carbocycles. The van der Waals surface area contributed by atoms with Crippen molar-refractivity contribution in [3.05, 3.63) is 46.0 Å². The van der Waals surface area contributed by atoms with E-state index >= 15 is 0 Å². The molecule has 0 amide bonds. The van der Waals surface area contributed by atoms with Crippen LogP contribution < -0.4 is 5.32 Å². The molecule has 7 nitrogen and oxygen atoms in total. The van der Waals surface area contributed by atoms with Crippen molar-refractivity contribution in [1.29, 1.82) is 0 Å². The first-order chi connectivity index (χ1) is 10.3. The topological polar surface area (TPSA) is 92.8 Å². The molecule has 8 heteroatoms. The third-order valence-electron chi connectivity index (χ3n) is 2.67. The van der Waals surface area contributed by atoms with Gasteiger partial charge in [-0.1, -0.05) is 18.2 Å². The minimum absolute atomic E-state index is 0.0406. The summed E-state index contributed by atoms with van der Waals surface area (Å²) in [6.45, 7) is 2.50. The predicted octanol–water partition coefficient (Wildman–Crippen LogP) is 3.84. The van der Waals surface area contributed by atoms with E-state index < -0.39 is 4.92 Å². The zero-order chi connectivity index (χ0) is 14.9. The van der Waals surface area contributed by atoms with Crippen LogP contribution in [-0.4, -0.2) is 23.0 Å². The predicted molar refractivity (Wildman–Crippen MR) is 81.5 cm³/mol. The van der Waals surface area contributed by atoms with Gasteiger partial charge in [0.1, 0.15) is 0 Å². The molecule has 3 rings (SSSR count). The van der Waals surface area contributed by atoms with Crippen LogP contribution in [0.25, 0.3) is 0 Å². The first-order valence-corrected chi connectivity index (χ1v) is 7.41. The highest BCUT2D eigenvalue weighted by Gasteiger charge is 2.16. The molecule has 1 N–H and O–H groups in total. The van der Waals surface area contributed by atoms with E-state index in [0.717, 1.165) is 11.3 Å². The van der Waals surface area contributed by atoms with E-state index in [9.17, 15) is 10.1 Å². The number of nitrogens with zero attached hydrogens (tertiary/aromatic N) is 4. The zero-order valence-electron chi connectivity index (χ0n) is 11.3. The largest absolute Gasteiger partial charge is 0.371 e. The summed E-state index contributed by atoms with van der Waals surface area (Å²) in [5, 5.41) is 21.3. The maximum atomic E-state index is 10.6. The lowest BCUT2D eigenvalue weighted by molar-refractivity contribution is -0.379. The van der Waals surface area contributed by atoms with Crippen LogP contribution in [0, 0.1) is 10.1 Å². The van der Waals surface area contributed by atoms with Gasteiger partial charge in [-0.05, 0) is 49.4 Å². The van der Waals surface area contributed by atoms with E-state index in [1.807, 2.05) is 18.2 Å². The maximum Gasteiger partial charge on any atom is 0.371 e. The number of hydrogen-bond acceptors (Lipinski definition) is 7. The molecule has 0 radical (unpaired) electrons. The molecule has 0 atom stereocenters. The van der Waals surface area contributed by atoms with Crippen molar-refractivity contribution in [2.45, 2.75) is 12.8 Å². The fraction of sp³-hybridized carbons (Fsp3) is 0.308. The van der Waals surface area contributed by atoms with Gasteiger partial charge >= 0.3 is 5.00 Å². The third kappa shape index (κ3) is 5.01. The van der Waals surface area contributed by atoms with Crippen LogP contribution in [-0.2, 0) is 0 Å². The lowest BCUT2D eigenvalue weighted by atomic mass is 10.3. The van der Waals surface area contributed by atoms with Gasteiger partial charge in [0.25, 0.3) is 5.82 Å². The van der Waals surface area contributed by atoms with Gasteiger partial charge < -0.3 is 5.32 Å². The molecule has 0 saturated carbocycles. The standard InChI is InChI=1S/C9H6N4O2S.C4H9N/c14-13(15)9-8(10-6-16-9)12-11-7-4-2-1-3-5-7;1-2-4-5-3-1/h1-6H;5H,1-4H2. The van der Waals surface area contributed by atoms with E-state index in [-0.39, 0.29) is 10.8 Å². The molecule has 1 aromatic carbocycles. The van der Waals surface area contributed by atoms with Crippen LogP contribution in [0.5, 0.6) is 0 Å². The van der Waals surface area contributed by atoms with Gasteiger partial charge in [0.15, 0.2) is 0 Å². The molecule has 21 heavy (non-hydrogen) atoms. The van der Waals surface area contributed by atoms with E-state index in [2.05, 4.69) is 20.5 Å². The van der Waals surface area contributed by atoms with Crippen LogP contribution >= 0.6 is 11.3 Å². The summed E-state index contributed by atoms with van der Waals surface area (Å²) >= 11 is 0.929. The van der Waals surface area contributed by atoms with Gasteiger partial charge in [-0.15, -0.1) is 10.2 Å². The number of nitro groups is 1. The fourth-order valence-electron chi connectivity index (χ4n) is 1.65. The highest BCUT2D eigenvalue weighted by molar-refractivity contribution is 7.13. The van der Waals surface area contributed by atoms with Gasteiger partial charge in [-0.25, -0.2) is 4.98 Å². The summed E-state index contributed by atoms with van der Waals surface area (Å²) in [5.41, 5.74) is 2.00. The van der Waals surface area contributed by atoms with Crippen LogP contribution in [0.1, 0.15) is 12.8 Å². The lowest BCUT2D eigenvalue weighted by Crippen LogP contribution is -2.03. The minimum Gasteiger partial charge on any atom is -0.317 e. The number of thiazole rings is 1. The van der Waals surface area contributed by atoms with Crippen molar-refractivity contribution in [1.82, 2.24) is 10.3 Å².